The second kappa shape index (κ2) is 10.3. The maximum atomic E-state index is 12.3. The molecule has 0 saturated heterocycles. The third-order valence-corrected chi connectivity index (χ3v) is 5.62. The number of hydrogen-bond donors (Lipinski definition) is 1. The number of amides is 1. The van der Waals surface area contributed by atoms with Crippen LogP contribution in [-0.2, 0) is 17.9 Å². The zero-order chi connectivity index (χ0) is 21.5. The molecule has 0 bridgehead atoms. The van der Waals surface area contributed by atoms with Crippen molar-refractivity contribution in [3.8, 4) is 11.4 Å². The van der Waals surface area contributed by atoms with E-state index < -0.39 is 0 Å². The van der Waals surface area contributed by atoms with Crippen molar-refractivity contribution in [2.24, 2.45) is 0 Å². The van der Waals surface area contributed by atoms with Gasteiger partial charge in [-0.1, -0.05) is 41.6 Å². The summed E-state index contributed by atoms with van der Waals surface area (Å²) in [5.74, 6) is 0.937. The minimum Gasteiger partial charge on any atom is -0.378 e. The first-order chi connectivity index (χ1) is 14.5. The molecule has 2 aromatic carbocycles. The molecule has 3 aromatic rings. The highest BCUT2D eigenvalue weighted by atomic mass is 35.5. The Kier molecular flexibility index (Phi) is 7.54. The molecule has 1 heterocycles. The molecular weight excluding hydrogens is 418 g/mol. The molecule has 156 valence electrons. The fourth-order valence-corrected chi connectivity index (χ4v) is 3.70. The summed E-state index contributed by atoms with van der Waals surface area (Å²) in [4.78, 5) is 14.3. The van der Waals surface area contributed by atoms with E-state index in [-0.39, 0.29) is 11.7 Å². The number of nitrogens with zero attached hydrogens (tertiary/aromatic N) is 4. The van der Waals surface area contributed by atoms with Crippen LogP contribution in [0.5, 0.6) is 0 Å². The Bertz CT molecular complexity index is 999. The van der Waals surface area contributed by atoms with Crippen LogP contribution in [0, 0.1) is 0 Å². The van der Waals surface area contributed by atoms with Crippen LogP contribution in [0.15, 0.2) is 66.3 Å². The van der Waals surface area contributed by atoms with Gasteiger partial charge in [-0.3, -0.25) is 9.36 Å². The SMILES string of the molecule is C=CCn1c(SCC(=O)NCc2ccc(Cl)cc2)nnc1-c1ccc(N(C)C)cc1. The van der Waals surface area contributed by atoms with Gasteiger partial charge in [0, 0.05) is 43.5 Å². The molecule has 1 aromatic heterocycles. The Morgan fingerprint density at radius 1 is 1.17 bits per heavy atom. The quantitative estimate of drug-likeness (QED) is 0.397. The molecule has 1 amide bonds. The van der Waals surface area contributed by atoms with Crippen molar-refractivity contribution in [2.45, 2.75) is 18.2 Å². The largest absolute Gasteiger partial charge is 0.378 e. The smallest absolute Gasteiger partial charge is 0.230 e. The summed E-state index contributed by atoms with van der Waals surface area (Å²) in [5, 5.41) is 12.9. The van der Waals surface area contributed by atoms with Crippen molar-refractivity contribution in [1.82, 2.24) is 20.1 Å². The van der Waals surface area contributed by atoms with E-state index in [4.69, 9.17) is 11.6 Å². The highest BCUT2D eigenvalue weighted by molar-refractivity contribution is 7.99. The van der Waals surface area contributed by atoms with Crippen molar-refractivity contribution < 1.29 is 4.79 Å². The maximum Gasteiger partial charge on any atom is 0.230 e. The molecule has 0 radical (unpaired) electrons. The number of anilines is 1. The summed E-state index contributed by atoms with van der Waals surface area (Å²) in [7, 11) is 4.00. The van der Waals surface area contributed by atoms with Gasteiger partial charge in [0.15, 0.2) is 11.0 Å². The van der Waals surface area contributed by atoms with E-state index in [0.717, 1.165) is 22.6 Å². The molecule has 0 unspecified atom stereocenters. The molecule has 0 spiro atoms. The normalized spacial score (nSPS) is 10.6. The third kappa shape index (κ3) is 5.64. The Morgan fingerprint density at radius 3 is 2.50 bits per heavy atom. The summed E-state index contributed by atoms with van der Waals surface area (Å²) in [6.45, 7) is 4.85. The van der Waals surface area contributed by atoms with Crippen LogP contribution in [0.4, 0.5) is 5.69 Å². The molecule has 3 rings (SSSR count). The Morgan fingerprint density at radius 2 is 1.87 bits per heavy atom. The zero-order valence-corrected chi connectivity index (χ0v) is 18.6. The predicted molar refractivity (Wildman–Crippen MR) is 124 cm³/mol. The summed E-state index contributed by atoms with van der Waals surface area (Å²) >= 11 is 7.24. The zero-order valence-electron chi connectivity index (χ0n) is 17.0. The van der Waals surface area contributed by atoms with E-state index in [2.05, 4.69) is 22.1 Å². The van der Waals surface area contributed by atoms with Gasteiger partial charge < -0.3 is 10.2 Å². The number of allylic oxidation sites excluding steroid dienone is 1. The number of thioether (sulfide) groups is 1. The van der Waals surface area contributed by atoms with E-state index in [1.54, 1.807) is 6.08 Å². The van der Waals surface area contributed by atoms with E-state index in [1.165, 1.54) is 11.8 Å². The molecule has 8 heteroatoms. The van der Waals surface area contributed by atoms with Gasteiger partial charge in [-0.25, -0.2) is 0 Å². The average Bonchev–Trinajstić information content (AvgIpc) is 3.14. The Labute approximate surface area is 186 Å². The van der Waals surface area contributed by atoms with Crippen LogP contribution in [0.25, 0.3) is 11.4 Å². The van der Waals surface area contributed by atoms with Gasteiger partial charge >= 0.3 is 0 Å². The van der Waals surface area contributed by atoms with Crippen LogP contribution in [0.2, 0.25) is 5.02 Å². The number of carbonyl (C=O) groups excluding carboxylic acids is 1. The second-order valence-electron chi connectivity index (χ2n) is 6.84. The van der Waals surface area contributed by atoms with Gasteiger partial charge in [-0.15, -0.1) is 16.8 Å². The standard InChI is InChI=1S/C22H24ClN5OS/c1-4-13-28-21(17-7-11-19(12-8-17)27(2)3)25-26-22(28)30-15-20(29)24-14-16-5-9-18(23)10-6-16/h4-12H,1,13-15H2,2-3H3,(H,24,29). The van der Waals surface area contributed by atoms with Gasteiger partial charge in [0.2, 0.25) is 5.91 Å². The first kappa shape index (κ1) is 21.9. The fraction of sp³-hybridized carbons (Fsp3) is 0.227. The van der Waals surface area contributed by atoms with Crippen LogP contribution < -0.4 is 10.2 Å². The molecule has 0 aliphatic heterocycles. The highest BCUT2D eigenvalue weighted by Gasteiger charge is 2.15. The second-order valence-corrected chi connectivity index (χ2v) is 8.22. The minimum absolute atomic E-state index is 0.0695. The first-order valence-electron chi connectivity index (χ1n) is 9.43. The lowest BCUT2D eigenvalue weighted by Crippen LogP contribution is -2.24. The van der Waals surface area contributed by atoms with Crippen molar-refractivity contribution in [3.05, 3.63) is 71.8 Å². The molecule has 0 aliphatic rings. The molecule has 30 heavy (non-hydrogen) atoms. The van der Waals surface area contributed by atoms with Crippen molar-refractivity contribution in [1.29, 1.82) is 0 Å². The lowest BCUT2D eigenvalue weighted by Gasteiger charge is -2.13. The Balaban J connectivity index is 1.64. The van der Waals surface area contributed by atoms with Crippen molar-refractivity contribution in [3.63, 3.8) is 0 Å². The molecule has 0 atom stereocenters. The molecule has 6 nitrogen and oxygen atoms in total. The number of benzene rings is 2. The first-order valence-corrected chi connectivity index (χ1v) is 10.8. The van der Waals surface area contributed by atoms with E-state index in [1.807, 2.05) is 72.1 Å². The lowest BCUT2D eigenvalue weighted by atomic mass is 10.2. The number of aromatic nitrogens is 3. The van der Waals surface area contributed by atoms with E-state index >= 15 is 0 Å². The van der Waals surface area contributed by atoms with Crippen LogP contribution in [0.3, 0.4) is 0 Å². The predicted octanol–water partition coefficient (Wildman–Crippen LogP) is 4.26. The van der Waals surface area contributed by atoms with Crippen LogP contribution in [-0.4, -0.2) is 40.5 Å². The summed E-state index contributed by atoms with van der Waals surface area (Å²) < 4.78 is 1.97. The van der Waals surface area contributed by atoms with Gasteiger partial charge in [0.25, 0.3) is 0 Å². The van der Waals surface area contributed by atoms with Gasteiger partial charge in [0.1, 0.15) is 0 Å². The number of rotatable bonds is 9. The lowest BCUT2D eigenvalue weighted by molar-refractivity contribution is -0.118. The topological polar surface area (TPSA) is 63.1 Å². The highest BCUT2D eigenvalue weighted by Crippen LogP contribution is 2.25. The maximum absolute atomic E-state index is 12.3. The van der Waals surface area contributed by atoms with Gasteiger partial charge in [0.05, 0.1) is 5.75 Å². The fourth-order valence-electron chi connectivity index (χ4n) is 2.80. The monoisotopic (exact) mass is 441 g/mol. The number of carbonyl (C=O) groups is 1. The number of halogens is 1. The van der Waals surface area contributed by atoms with Crippen molar-refractivity contribution >= 4 is 35.0 Å². The van der Waals surface area contributed by atoms with Crippen molar-refractivity contribution in [2.75, 3.05) is 24.7 Å². The minimum atomic E-state index is -0.0695. The number of hydrogen-bond acceptors (Lipinski definition) is 5. The summed E-state index contributed by atoms with van der Waals surface area (Å²) in [6, 6.07) is 15.5. The van der Waals surface area contributed by atoms with Gasteiger partial charge in [-0.05, 0) is 42.0 Å². The molecule has 1 N–H and O–H groups in total. The van der Waals surface area contributed by atoms with E-state index in [0.29, 0.717) is 23.3 Å². The average molecular weight is 442 g/mol. The van der Waals surface area contributed by atoms with Gasteiger partial charge in [-0.2, -0.15) is 0 Å². The third-order valence-electron chi connectivity index (χ3n) is 4.41. The summed E-state index contributed by atoms with van der Waals surface area (Å²) in [6.07, 6.45) is 1.80. The molecule has 0 fully saturated rings. The Hall–Kier alpha value is -2.77. The summed E-state index contributed by atoms with van der Waals surface area (Å²) in [5.41, 5.74) is 3.07. The van der Waals surface area contributed by atoms with Crippen LogP contribution >= 0.6 is 23.4 Å². The number of nitrogens with one attached hydrogen (secondary N) is 1. The van der Waals surface area contributed by atoms with Crippen LogP contribution in [0.1, 0.15) is 5.56 Å². The van der Waals surface area contributed by atoms with E-state index in [9.17, 15) is 4.79 Å². The molecular formula is C22H24ClN5OS. The molecule has 0 aliphatic carbocycles. The molecule has 0 saturated carbocycles.